The second kappa shape index (κ2) is 3.58. The molecule has 0 fully saturated rings. The number of hydrogen-bond donors (Lipinski definition) is 3. The first-order chi connectivity index (χ1) is 5.56. The van der Waals surface area contributed by atoms with Crippen molar-refractivity contribution in [1.29, 1.82) is 0 Å². The third-order valence-electron chi connectivity index (χ3n) is 1.45. The van der Waals surface area contributed by atoms with Gasteiger partial charge in [0.1, 0.15) is 5.92 Å². The molecule has 0 aliphatic heterocycles. The summed E-state index contributed by atoms with van der Waals surface area (Å²) in [5, 5.41) is 17.5. The number of carbonyl (C=O) groups is 1. The smallest absolute Gasteiger partial charge is 0.400 e. The maximum absolute atomic E-state index is 10.3. The molecule has 0 aromatic carbocycles. The van der Waals surface area contributed by atoms with Gasteiger partial charge in [0.2, 0.25) is 0 Å². The lowest BCUT2D eigenvalue weighted by atomic mass is 10.0. The van der Waals surface area contributed by atoms with Crippen molar-refractivity contribution < 1.29 is 32.2 Å². The second-order valence-corrected chi connectivity index (χ2v) is 3.65. The van der Waals surface area contributed by atoms with Crippen molar-refractivity contribution >= 4 is 16.4 Å². The molecule has 2 atom stereocenters. The Kier molecular flexibility index (Phi) is 3.39. The Bertz CT molecular complexity index is 290. The van der Waals surface area contributed by atoms with Crippen LogP contribution in [0.3, 0.4) is 0 Å². The number of aliphatic hydroxyl groups is 1. The lowest BCUT2D eigenvalue weighted by Crippen LogP contribution is -2.41. The summed E-state index contributed by atoms with van der Waals surface area (Å²) in [6.45, 7) is 1.85. The summed E-state index contributed by atoms with van der Waals surface area (Å²) < 4.78 is 32.2. The Morgan fingerprint density at radius 1 is 1.54 bits per heavy atom. The van der Waals surface area contributed by atoms with E-state index in [0.717, 1.165) is 13.8 Å². The van der Waals surface area contributed by atoms with Crippen molar-refractivity contribution in [2.45, 2.75) is 19.6 Å². The zero-order valence-corrected chi connectivity index (χ0v) is 7.78. The van der Waals surface area contributed by atoms with Crippen molar-refractivity contribution in [2.75, 3.05) is 0 Å². The first kappa shape index (κ1) is 12.3. The largest absolute Gasteiger partial charge is 0.481 e. The van der Waals surface area contributed by atoms with Crippen molar-refractivity contribution in [3.63, 3.8) is 0 Å². The molecule has 7 nitrogen and oxygen atoms in total. The zero-order valence-electron chi connectivity index (χ0n) is 6.96. The minimum absolute atomic E-state index is 0.819. The predicted molar refractivity (Wildman–Crippen MR) is 40.1 cm³/mol. The summed E-state index contributed by atoms with van der Waals surface area (Å²) in [7, 11) is -4.87. The molecule has 13 heavy (non-hydrogen) atoms. The van der Waals surface area contributed by atoms with E-state index in [0.29, 0.717) is 0 Å². The fourth-order valence-corrected chi connectivity index (χ4v) is 1.09. The highest BCUT2D eigenvalue weighted by molar-refractivity contribution is 7.80. The molecule has 0 radical (unpaired) electrons. The summed E-state index contributed by atoms with van der Waals surface area (Å²) in [5.74, 6) is -5.41. The van der Waals surface area contributed by atoms with Gasteiger partial charge in [0.25, 0.3) is 0 Å². The minimum atomic E-state index is -4.87. The Morgan fingerprint density at radius 2 is 1.92 bits per heavy atom. The normalized spacial score (nSPS) is 19.1. The van der Waals surface area contributed by atoms with Crippen LogP contribution in [0.25, 0.3) is 0 Å². The van der Waals surface area contributed by atoms with Crippen LogP contribution in [0.2, 0.25) is 0 Å². The molecule has 3 N–H and O–H groups in total. The quantitative estimate of drug-likeness (QED) is 0.415. The van der Waals surface area contributed by atoms with Crippen LogP contribution in [0.5, 0.6) is 0 Å². The molecule has 78 valence electrons. The van der Waals surface area contributed by atoms with Gasteiger partial charge in [-0.15, -0.1) is 0 Å². The number of hydrogen-bond acceptors (Lipinski definition) is 5. The topological polar surface area (TPSA) is 121 Å². The van der Waals surface area contributed by atoms with Gasteiger partial charge in [-0.05, 0) is 13.8 Å². The highest BCUT2D eigenvalue weighted by Crippen LogP contribution is 2.20. The van der Waals surface area contributed by atoms with E-state index in [9.17, 15) is 13.2 Å². The van der Waals surface area contributed by atoms with Crippen molar-refractivity contribution in [3.05, 3.63) is 0 Å². The number of carboxylic acids is 1. The average molecular weight is 214 g/mol. The average Bonchev–Trinajstić information content (AvgIpc) is 1.80. The highest BCUT2D eigenvalue weighted by Gasteiger charge is 2.38. The van der Waals surface area contributed by atoms with Crippen LogP contribution in [-0.2, 0) is 19.4 Å². The van der Waals surface area contributed by atoms with Gasteiger partial charge >= 0.3 is 16.4 Å². The monoisotopic (exact) mass is 214 g/mol. The molecule has 0 rings (SSSR count). The van der Waals surface area contributed by atoms with Crippen LogP contribution in [0.4, 0.5) is 0 Å². The third kappa shape index (κ3) is 4.18. The van der Waals surface area contributed by atoms with E-state index in [1.54, 1.807) is 0 Å². The predicted octanol–water partition coefficient (Wildman–Crippen LogP) is -0.765. The van der Waals surface area contributed by atoms with E-state index in [2.05, 4.69) is 4.18 Å². The van der Waals surface area contributed by atoms with Crippen molar-refractivity contribution in [1.82, 2.24) is 0 Å². The van der Waals surface area contributed by atoms with E-state index in [4.69, 9.17) is 14.8 Å². The Labute approximate surface area is 74.9 Å². The molecule has 0 aromatic rings. The molecule has 0 aliphatic carbocycles. The molecule has 0 saturated carbocycles. The van der Waals surface area contributed by atoms with Crippen LogP contribution in [0.15, 0.2) is 0 Å². The van der Waals surface area contributed by atoms with Crippen molar-refractivity contribution in [3.8, 4) is 0 Å². The summed E-state index contributed by atoms with van der Waals surface area (Å²) >= 11 is 0. The van der Waals surface area contributed by atoms with Crippen LogP contribution >= 0.6 is 0 Å². The van der Waals surface area contributed by atoms with Crippen LogP contribution in [0.1, 0.15) is 13.8 Å². The summed E-state index contributed by atoms with van der Waals surface area (Å²) in [4.78, 5) is 10.3. The number of rotatable bonds is 4. The van der Waals surface area contributed by atoms with E-state index in [1.807, 2.05) is 0 Å². The molecular formula is C5H10O7S. The SMILES string of the molecule is CC(C(=O)O)C(C)(O)OS(=O)(=O)O. The summed E-state index contributed by atoms with van der Waals surface area (Å²) in [5.41, 5.74) is 0. The fraction of sp³-hybridized carbons (Fsp3) is 0.800. The molecule has 0 saturated heterocycles. The standard InChI is InChI=1S/C5H10O7S/c1-3(4(6)7)5(2,8)12-13(9,10)11/h3,8H,1-2H3,(H,6,7)(H,9,10,11). The van der Waals surface area contributed by atoms with E-state index >= 15 is 0 Å². The van der Waals surface area contributed by atoms with E-state index in [1.165, 1.54) is 0 Å². The summed E-state index contributed by atoms with van der Waals surface area (Å²) in [6.07, 6.45) is 0. The molecule has 0 amide bonds. The fourth-order valence-electron chi connectivity index (χ4n) is 0.514. The maximum atomic E-state index is 10.3. The van der Waals surface area contributed by atoms with Gasteiger partial charge in [-0.1, -0.05) is 0 Å². The third-order valence-corrected chi connectivity index (χ3v) is 2.00. The van der Waals surface area contributed by atoms with Gasteiger partial charge in [-0.2, -0.15) is 8.42 Å². The van der Waals surface area contributed by atoms with Crippen molar-refractivity contribution in [2.24, 2.45) is 5.92 Å². The lowest BCUT2D eigenvalue weighted by Gasteiger charge is -2.24. The maximum Gasteiger partial charge on any atom is 0.400 e. The zero-order chi connectivity index (χ0) is 10.9. The molecule has 0 bridgehead atoms. The second-order valence-electron chi connectivity index (χ2n) is 2.63. The first-order valence-corrected chi connectivity index (χ1v) is 4.56. The Balaban J connectivity index is 4.68. The molecular weight excluding hydrogens is 204 g/mol. The Morgan fingerprint density at radius 3 is 2.15 bits per heavy atom. The van der Waals surface area contributed by atoms with Gasteiger partial charge in [-0.25, -0.2) is 4.18 Å². The molecule has 0 aliphatic rings. The van der Waals surface area contributed by atoms with E-state index < -0.39 is 28.1 Å². The van der Waals surface area contributed by atoms with Gasteiger partial charge in [0, 0.05) is 0 Å². The first-order valence-electron chi connectivity index (χ1n) is 3.19. The molecule has 0 aromatic heterocycles. The Hall–Kier alpha value is -0.700. The van der Waals surface area contributed by atoms with Gasteiger partial charge < -0.3 is 10.2 Å². The van der Waals surface area contributed by atoms with Crippen LogP contribution in [0, 0.1) is 5.92 Å². The lowest BCUT2D eigenvalue weighted by molar-refractivity contribution is -0.183. The molecule has 0 spiro atoms. The van der Waals surface area contributed by atoms with E-state index in [-0.39, 0.29) is 0 Å². The van der Waals surface area contributed by atoms with Crippen LogP contribution < -0.4 is 0 Å². The molecule has 8 heteroatoms. The highest BCUT2D eigenvalue weighted by atomic mass is 32.3. The summed E-state index contributed by atoms with van der Waals surface area (Å²) in [6, 6.07) is 0. The molecule has 2 unspecified atom stereocenters. The van der Waals surface area contributed by atoms with Gasteiger partial charge in [-0.3, -0.25) is 9.35 Å². The van der Waals surface area contributed by atoms with Crippen LogP contribution in [-0.4, -0.2) is 34.9 Å². The number of aliphatic carboxylic acids is 1. The van der Waals surface area contributed by atoms with Gasteiger partial charge in [0.05, 0.1) is 0 Å². The molecule has 0 heterocycles. The minimum Gasteiger partial charge on any atom is -0.481 e. The van der Waals surface area contributed by atoms with Gasteiger partial charge in [0.15, 0.2) is 5.79 Å². The number of carboxylic acid groups (broad SMARTS) is 1.